The molecule has 3 aromatic rings. The van der Waals surface area contributed by atoms with Gasteiger partial charge >= 0.3 is 12.4 Å². The van der Waals surface area contributed by atoms with Crippen LogP contribution >= 0.6 is 0 Å². The van der Waals surface area contributed by atoms with Gasteiger partial charge in [-0.15, -0.1) is 0 Å². The van der Waals surface area contributed by atoms with E-state index in [-0.39, 0.29) is 30.8 Å². The van der Waals surface area contributed by atoms with Crippen molar-refractivity contribution in [3.05, 3.63) is 93.8 Å². The van der Waals surface area contributed by atoms with Crippen molar-refractivity contribution in [3.8, 4) is 5.75 Å². The fourth-order valence-corrected chi connectivity index (χ4v) is 5.91. The summed E-state index contributed by atoms with van der Waals surface area (Å²) in [5.41, 5.74) is -2.41. The maximum absolute atomic E-state index is 14.3. The standard InChI is InChI=1S/C26H21F7N2O4S/c27-23-16(4-2-6-20(23)26(31,32)33)12-22(37)34-24-19-9-10-35(13-17(19)7-8-21(24)36)40(38,39)14-15-3-1-5-18(11-15)25(28,29)30/h1-8,11,36H,9-10,12-14H2,(H,34,37). The lowest BCUT2D eigenvalue weighted by Gasteiger charge is -2.30. The third-order valence-corrected chi connectivity index (χ3v) is 8.14. The van der Waals surface area contributed by atoms with Crippen molar-refractivity contribution < 1.29 is 49.1 Å². The maximum atomic E-state index is 14.3. The summed E-state index contributed by atoms with van der Waals surface area (Å²) in [4.78, 5) is 12.6. The highest BCUT2D eigenvalue weighted by atomic mass is 32.2. The molecule has 0 saturated heterocycles. The number of nitrogens with one attached hydrogen (secondary N) is 1. The predicted octanol–water partition coefficient (Wildman–Crippen LogP) is 5.64. The van der Waals surface area contributed by atoms with E-state index in [2.05, 4.69) is 5.32 Å². The van der Waals surface area contributed by atoms with E-state index in [0.29, 0.717) is 17.2 Å². The molecule has 1 aliphatic rings. The van der Waals surface area contributed by atoms with Crippen molar-refractivity contribution in [1.29, 1.82) is 0 Å². The Hall–Kier alpha value is -3.65. The molecule has 0 radical (unpaired) electrons. The normalized spacial score (nSPS) is 14.6. The lowest BCUT2D eigenvalue weighted by Crippen LogP contribution is -2.37. The molecule has 214 valence electrons. The van der Waals surface area contributed by atoms with E-state index in [9.17, 15) is 49.1 Å². The second kappa shape index (κ2) is 10.7. The molecule has 3 aromatic carbocycles. The Morgan fingerprint density at radius 2 is 1.68 bits per heavy atom. The molecule has 2 N–H and O–H groups in total. The van der Waals surface area contributed by atoms with Gasteiger partial charge in [0.15, 0.2) is 0 Å². The second-order valence-corrected chi connectivity index (χ2v) is 11.1. The van der Waals surface area contributed by atoms with Crippen LogP contribution in [0.1, 0.15) is 33.4 Å². The Morgan fingerprint density at radius 3 is 2.35 bits per heavy atom. The molecule has 40 heavy (non-hydrogen) atoms. The quantitative estimate of drug-likeness (QED) is 0.288. The van der Waals surface area contributed by atoms with Crippen LogP contribution in [0.25, 0.3) is 0 Å². The van der Waals surface area contributed by atoms with Crippen LogP contribution in [0.2, 0.25) is 0 Å². The highest BCUT2D eigenvalue weighted by Gasteiger charge is 2.35. The molecule has 4 rings (SSSR count). The zero-order chi connectivity index (χ0) is 29.5. The van der Waals surface area contributed by atoms with Crippen LogP contribution in [0, 0.1) is 5.82 Å². The van der Waals surface area contributed by atoms with Crippen LogP contribution in [0.5, 0.6) is 5.75 Å². The first-order chi connectivity index (χ1) is 18.6. The Labute approximate surface area is 224 Å². The molecule has 0 fully saturated rings. The molecule has 0 saturated carbocycles. The summed E-state index contributed by atoms with van der Waals surface area (Å²) in [5.74, 6) is -3.58. The van der Waals surface area contributed by atoms with Crippen LogP contribution in [-0.4, -0.2) is 30.3 Å². The highest BCUT2D eigenvalue weighted by molar-refractivity contribution is 7.88. The molecule has 0 aromatic heterocycles. The molecule has 14 heteroatoms. The van der Waals surface area contributed by atoms with Gasteiger partial charge in [0.1, 0.15) is 11.6 Å². The molecular formula is C26H21F7N2O4S. The number of phenols is 1. The minimum absolute atomic E-state index is 0.000905. The smallest absolute Gasteiger partial charge is 0.419 e. The number of hydrogen-bond donors (Lipinski definition) is 2. The number of halogens is 7. The molecule has 0 atom stereocenters. The van der Waals surface area contributed by atoms with Crippen molar-refractivity contribution in [2.75, 3.05) is 11.9 Å². The van der Waals surface area contributed by atoms with Crippen molar-refractivity contribution >= 4 is 21.6 Å². The Bertz CT molecular complexity index is 1550. The summed E-state index contributed by atoms with van der Waals surface area (Å²) in [6.45, 7) is -0.328. The average Bonchev–Trinajstić information content (AvgIpc) is 2.85. The summed E-state index contributed by atoms with van der Waals surface area (Å²) < 4.78 is 119. The number of alkyl halides is 6. The number of carbonyl (C=O) groups is 1. The first-order valence-electron chi connectivity index (χ1n) is 11.7. The van der Waals surface area contributed by atoms with Crippen LogP contribution in [0.3, 0.4) is 0 Å². The van der Waals surface area contributed by atoms with Crippen molar-refractivity contribution in [1.82, 2.24) is 4.31 Å². The third-order valence-electron chi connectivity index (χ3n) is 6.34. The lowest BCUT2D eigenvalue weighted by molar-refractivity contribution is -0.140. The van der Waals surface area contributed by atoms with E-state index < -0.39 is 68.7 Å². The summed E-state index contributed by atoms with van der Waals surface area (Å²) >= 11 is 0. The van der Waals surface area contributed by atoms with Gasteiger partial charge in [0.2, 0.25) is 15.9 Å². The number of carbonyl (C=O) groups excluding carboxylic acids is 1. The van der Waals surface area contributed by atoms with E-state index in [1.54, 1.807) is 0 Å². The van der Waals surface area contributed by atoms with Crippen LogP contribution in [0.4, 0.5) is 36.4 Å². The highest BCUT2D eigenvalue weighted by Crippen LogP contribution is 2.36. The number of phenolic OH excluding ortho intramolecular Hbond substituents is 1. The molecule has 0 aliphatic carbocycles. The van der Waals surface area contributed by atoms with E-state index in [1.165, 1.54) is 18.2 Å². The number of benzene rings is 3. The van der Waals surface area contributed by atoms with E-state index in [0.717, 1.165) is 34.6 Å². The van der Waals surface area contributed by atoms with Gasteiger partial charge in [-0.05, 0) is 46.9 Å². The number of sulfonamides is 1. The fourth-order valence-electron chi connectivity index (χ4n) is 4.43. The minimum Gasteiger partial charge on any atom is -0.506 e. The molecule has 6 nitrogen and oxygen atoms in total. The zero-order valence-corrected chi connectivity index (χ0v) is 21.2. The monoisotopic (exact) mass is 590 g/mol. The van der Waals surface area contributed by atoms with Crippen LogP contribution < -0.4 is 5.32 Å². The average molecular weight is 591 g/mol. The number of anilines is 1. The Morgan fingerprint density at radius 1 is 0.975 bits per heavy atom. The minimum atomic E-state index is -4.96. The zero-order valence-electron chi connectivity index (χ0n) is 20.4. The van der Waals surface area contributed by atoms with Crippen molar-refractivity contribution in [3.63, 3.8) is 0 Å². The number of nitrogens with zero attached hydrogens (tertiary/aromatic N) is 1. The SMILES string of the molecule is O=C(Cc1cccc(C(F)(F)F)c1F)Nc1c(O)ccc2c1CCN(S(=O)(=O)Cc1cccc(C(F)(F)F)c1)C2. The third kappa shape index (κ3) is 6.39. The molecular weight excluding hydrogens is 569 g/mol. The molecule has 0 bridgehead atoms. The Kier molecular flexibility index (Phi) is 7.87. The van der Waals surface area contributed by atoms with E-state index in [4.69, 9.17) is 0 Å². The van der Waals surface area contributed by atoms with Gasteiger partial charge in [-0.3, -0.25) is 4.79 Å². The number of hydrogen-bond acceptors (Lipinski definition) is 4. The van der Waals surface area contributed by atoms with Crippen molar-refractivity contribution in [2.45, 2.75) is 37.5 Å². The van der Waals surface area contributed by atoms with Crippen LogP contribution in [-0.2, 0) is 52.3 Å². The molecule has 1 amide bonds. The number of rotatable bonds is 6. The number of amides is 1. The summed E-state index contributed by atoms with van der Waals surface area (Å²) in [6, 6.07) is 9.10. The lowest BCUT2D eigenvalue weighted by atomic mass is 9.98. The van der Waals surface area contributed by atoms with Gasteiger partial charge in [-0.25, -0.2) is 12.8 Å². The van der Waals surface area contributed by atoms with E-state index >= 15 is 0 Å². The summed E-state index contributed by atoms with van der Waals surface area (Å²) in [5, 5.41) is 12.7. The number of aromatic hydroxyl groups is 1. The maximum Gasteiger partial charge on any atom is 0.419 e. The topological polar surface area (TPSA) is 86.7 Å². The predicted molar refractivity (Wildman–Crippen MR) is 130 cm³/mol. The number of fused-ring (bicyclic) bond motifs is 1. The van der Waals surface area contributed by atoms with Gasteiger partial charge < -0.3 is 10.4 Å². The first-order valence-corrected chi connectivity index (χ1v) is 13.3. The molecule has 0 unspecified atom stereocenters. The van der Waals surface area contributed by atoms with Crippen LogP contribution in [0.15, 0.2) is 54.6 Å². The van der Waals surface area contributed by atoms with Gasteiger partial charge in [-0.2, -0.15) is 30.6 Å². The fraction of sp³-hybridized carbons (Fsp3) is 0.269. The summed E-state index contributed by atoms with van der Waals surface area (Å²) in [7, 11) is -4.07. The van der Waals surface area contributed by atoms with Gasteiger partial charge in [0, 0.05) is 13.1 Å². The molecule has 0 spiro atoms. The largest absolute Gasteiger partial charge is 0.506 e. The van der Waals surface area contributed by atoms with E-state index in [1.807, 2.05) is 0 Å². The van der Waals surface area contributed by atoms with Gasteiger partial charge in [0.05, 0.1) is 29.0 Å². The second-order valence-electron chi connectivity index (χ2n) is 9.14. The van der Waals surface area contributed by atoms with Gasteiger partial charge in [-0.1, -0.05) is 36.4 Å². The van der Waals surface area contributed by atoms with Gasteiger partial charge in [0.25, 0.3) is 0 Å². The molecule has 1 heterocycles. The Balaban J connectivity index is 1.51. The van der Waals surface area contributed by atoms with Crippen molar-refractivity contribution in [2.24, 2.45) is 0 Å². The first kappa shape index (κ1) is 29.3. The molecule has 1 aliphatic heterocycles. The summed E-state index contributed by atoms with van der Waals surface area (Å²) in [6.07, 6.45) is -10.4.